The number of nitro groups is 1. The Kier molecular flexibility index (Phi) is 5.34. The molecule has 1 heterocycles. The number of non-ortho nitro benzene ring substituents is 1. The van der Waals surface area contributed by atoms with Gasteiger partial charge in [0, 0.05) is 23.2 Å². The minimum Gasteiger partial charge on any atom is -0.449 e. The highest BCUT2D eigenvalue weighted by Crippen LogP contribution is 2.32. The molecule has 0 unspecified atom stereocenters. The molecule has 2 N–H and O–H groups in total. The molecule has 160 valence electrons. The number of furan rings is 1. The Morgan fingerprint density at radius 1 is 0.844 bits per heavy atom. The van der Waals surface area contributed by atoms with Gasteiger partial charge in [-0.25, -0.2) is 8.78 Å². The van der Waals surface area contributed by atoms with E-state index in [1.165, 1.54) is 24.3 Å². The Balaban J connectivity index is 1.69. The number of nitro benzene ring substituents is 1. The van der Waals surface area contributed by atoms with Crippen molar-refractivity contribution < 1.29 is 27.7 Å². The van der Waals surface area contributed by atoms with Crippen molar-refractivity contribution in [3.8, 4) is 0 Å². The summed E-state index contributed by atoms with van der Waals surface area (Å²) in [4.78, 5) is 35.6. The van der Waals surface area contributed by atoms with Crippen LogP contribution in [-0.4, -0.2) is 16.7 Å². The van der Waals surface area contributed by atoms with Crippen LogP contribution in [0.3, 0.4) is 0 Å². The number of rotatable bonds is 5. The first-order valence-electron chi connectivity index (χ1n) is 9.18. The molecule has 0 atom stereocenters. The summed E-state index contributed by atoms with van der Waals surface area (Å²) in [6.07, 6.45) is 0. The van der Waals surface area contributed by atoms with Crippen molar-refractivity contribution in [1.29, 1.82) is 0 Å². The van der Waals surface area contributed by atoms with Gasteiger partial charge in [0.25, 0.3) is 17.5 Å². The van der Waals surface area contributed by atoms with E-state index in [1.54, 1.807) is 24.3 Å². The number of fused-ring (bicyclic) bond motifs is 1. The van der Waals surface area contributed by atoms with Crippen LogP contribution in [-0.2, 0) is 0 Å². The van der Waals surface area contributed by atoms with Gasteiger partial charge in [0.2, 0.25) is 5.76 Å². The Labute approximate surface area is 178 Å². The van der Waals surface area contributed by atoms with Gasteiger partial charge in [-0.15, -0.1) is 0 Å². The highest BCUT2D eigenvalue weighted by atomic mass is 19.1. The lowest BCUT2D eigenvalue weighted by molar-refractivity contribution is -0.384. The predicted octanol–water partition coefficient (Wildman–Crippen LogP) is 5.12. The predicted molar refractivity (Wildman–Crippen MR) is 112 cm³/mol. The maximum atomic E-state index is 14.0. The summed E-state index contributed by atoms with van der Waals surface area (Å²) in [7, 11) is 0. The van der Waals surface area contributed by atoms with Crippen LogP contribution in [0, 0.1) is 21.7 Å². The van der Waals surface area contributed by atoms with Crippen molar-refractivity contribution in [1.82, 2.24) is 0 Å². The molecule has 0 bridgehead atoms. The normalized spacial score (nSPS) is 10.7. The lowest BCUT2D eigenvalue weighted by atomic mass is 10.1. The summed E-state index contributed by atoms with van der Waals surface area (Å²) >= 11 is 0. The van der Waals surface area contributed by atoms with E-state index in [0.717, 1.165) is 18.2 Å². The second-order valence-electron chi connectivity index (χ2n) is 6.61. The molecule has 4 rings (SSSR count). The molecular weight excluding hydrogens is 424 g/mol. The Morgan fingerprint density at radius 2 is 1.50 bits per heavy atom. The van der Waals surface area contributed by atoms with Crippen LogP contribution in [0.5, 0.6) is 0 Å². The van der Waals surface area contributed by atoms with E-state index < -0.39 is 33.9 Å². The molecule has 0 aliphatic carbocycles. The second kappa shape index (κ2) is 8.26. The fourth-order valence-corrected chi connectivity index (χ4v) is 3.07. The number of anilines is 2. The number of carbonyl (C=O) groups is 2. The third-order valence-corrected chi connectivity index (χ3v) is 4.57. The first kappa shape index (κ1) is 20.7. The molecule has 0 saturated heterocycles. The molecule has 2 amide bonds. The Morgan fingerprint density at radius 3 is 2.16 bits per heavy atom. The largest absolute Gasteiger partial charge is 0.449 e. The van der Waals surface area contributed by atoms with Gasteiger partial charge in [-0.1, -0.05) is 18.2 Å². The van der Waals surface area contributed by atoms with Crippen molar-refractivity contribution in [2.24, 2.45) is 0 Å². The number of nitrogens with one attached hydrogen (secondary N) is 2. The smallest absolute Gasteiger partial charge is 0.293 e. The van der Waals surface area contributed by atoms with Crippen molar-refractivity contribution in [3.05, 3.63) is 99.8 Å². The van der Waals surface area contributed by atoms with Crippen LogP contribution in [0.1, 0.15) is 20.9 Å². The van der Waals surface area contributed by atoms with Crippen molar-refractivity contribution in [2.45, 2.75) is 0 Å². The molecule has 8 nitrogen and oxygen atoms in total. The standard InChI is InChI=1S/C22H13F2N3O5/c23-15-5-3-6-16(24)18(15)21(28)26-19-14-4-1-2-7-17(14)32-20(19)22(29)25-12-8-10-13(11-9-12)27(30)31/h1-11H,(H,25,29)(H,26,28). The molecule has 0 spiro atoms. The third kappa shape index (κ3) is 3.88. The second-order valence-corrected chi connectivity index (χ2v) is 6.61. The molecule has 3 aromatic carbocycles. The fourth-order valence-electron chi connectivity index (χ4n) is 3.07. The number of hydrogen-bond acceptors (Lipinski definition) is 5. The summed E-state index contributed by atoms with van der Waals surface area (Å²) < 4.78 is 33.6. The molecule has 1 aromatic heterocycles. The molecule has 0 aliphatic heterocycles. The number of halogens is 2. The van der Waals surface area contributed by atoms with E-state index in [9.17, 15) is 28.5 Å². The van der Waals surface area contributed by atoms with E-state index in [1.807, 2.05) is 0 Å². The summed E-state index contributed by atoms with van der Waals surface area (Å²) in [6, 6.07) is 14.5. The van der Waals surface area contributed by atoms with Crippen LogP contribution >= 0.6 is 0 Å². The Bertz CT molecular complexity index is 1350. The monoisotopic (exact) mass is 437 g/mol. The summed E-state index contributed by atoms with van der Waals surface area (Å²) in [6.45, 7) is 0. The minimum absolute atomic E-state index is 0.0762. The molecule has 32 heavy (non-hydrogen) atoms. The zero-order valence-corrected chi connectivity index (χ0v) is 16.1. The fraction of sp³-hybridized carbons (Fsp3) is 0. The quantitative estimate of drug-likeness (QED) is 0.332. The van der Waals surface area contributed by atoms with E-state index in [0.29, 0.717) is 5.39 Å². The van der Waals surface area contributed by atoms with E-state index in [2.05, 4.69) is 10.6 Å². The van der Waals surface area contributed by atoms with Gasteiger partial charge < -0.3 is 15.1 Å². The summed E-state index contributed by atoms with van der Waals surface area (Å²) in [5.74, 6) is -4.31. The highest BCUT2D eigenvalue weighted by molar-refractivity contribution is 6.17. The van der Waals surface area contributed by atoms with Gasteiger partial charge in [-0.2, -0.15) is 0 Å². The van der Waals surface area contributed by atoms with Gasteiger partial charge in [0.05, 0.1) is 4.92 Å². The number of para-hydroxylation sites is 1. The number of benzene rings is 3. The summed E-state index contributed by atoms with van der Waals surface area (Å²) in [5, 5.41) is 16.0. The average Bonchev–Trinajstić information content (AvgIpc) is 3.12. The van der Waals surface area contributed by atoms with Crippen molar-refractivity contribution >= 4 is 39.8 Å². The first-order chi connectivity index (χ1) is 15.3. The molecule has 0 saturated carbocycles. The van der Waals surface area contributed by atoms with Crippen LogP contribution in [0.15, 0.2) is 71.1 Å². The zero-order valence-electron chi connectivity index (χ0n) is 16.1. The molecule has 4 aromatic rings. The number of hydrogen-bond donors (Lipinski definition) is 2. The molecular formula is C22H13F2N3O5. The van der Waals surface area contributed by atoms with Crippen LogP contribution in [0.25, 0.3) is 11.0 Å². The van der Waals surface area contributed by atoms with Crippen molar-refractivity contribution in [2.75, 3.05) is 10.6 Å². The summed E-state index contributed by atoms with van der Waals surface area (Å²) in [5.41, 5.74) is -0.553. The topological polar surface area (TPSA) is 114 Å². The number of nitrogens with zero attached hydrogens (tertiary/aromatic N) is 1. The highest BCUT2D eigenvalue weighted by Gasteiger charge is 2.25. The van der Waals surface area contributed by atoms with Crippen molar-refractivity contribution in [3.63, 3.8) is 0 Å². The van der Waals surface area contributed by atoms with Gasteiger partial charge in [0.15, 0.2) is 0 Å². The van der Waals surface area contributed by atoms with Gasteiger partial charge in [0.1, 0.15) is 28.5 Å². The third-order valence-electron chi connectivity index (χ3n) is 4.57. The minimum atomic E-state index is -1.10. The molecule has 0 fully saturated rings. The SMILES string of the molecule is O=C(Nc1ccc([N+](=O)[O-])cc1)c1oc2ccccc2c1NC(=O)c1c(F)cccc1F. The van der Waals surface area contributed by atoms with Gasteiger partial charge >= 0.3 is 0 Å². The van der Waals surface area contributed by atoms with Gasteiger partial charge in [-0.05, 0) is 36.4 Å². The lowest BCUT2D eigenvalue weighted by Gasteiger charge is -2.08. The van der Waals surface area contributed by atoms with E-state index >= 15 is 0 Å². The number of carbonyl (C=O) groups excluding carboxylic acids is 2. The van der Waals surface area contributed by atoms with Gasteiger partial charge in [-0.3, -0.25) is 19.7 Å². The average molecular weight is 437 g/mol. The van der Waals surface area contributed by atoms with Crippen LogP contribution in [0.4, 0.5) is 25.8 Å². The maximum Gasteiger partial charge on any atom is 0.293 e. The Hall–Kier alpha value is -4.60. The lowest BCUT2D eigenvalue weighted by Crippen LogP contribution is -2.19. The first-order valence-corrected chi connectivity index (χ1v) is 9.18. The maximum absolute atomic E-state index is 14.0. The molecule has 0 radical (unpaired) electrons. The van der Waals surface area contributed by atoms with E-state index in [4.69, 9.17) is 4.42 Å². The molecule has 10 heteroatoms. The number of amides is 2. The van der Waals surface area contributed by atoms with Crippen LogP contribution in [0.2, 0.25) is 0 Å². The molecule has 0 aliphatic rings. The van der Waals surface area contributed by atoms with Crippen LogP contribution < -0.4 is 10.6 Å². The van der Waals surface area contributed by atoms with E-state index in [-0.39, 0.29) is 28.4 Å². The zero-order chi connectivity index (χ0) is 22.8.